The molecule has 0 fully saturated rings. The Morgan fingerprint density at radius 2 is 2.19 bits per heavy atom. The number of nitriles is 1. The van der Waals surface area contributed by atoms with Crippen LogP contribution in [0.25, 0.3) is 0 Å². The van der Waals surface area contributed by atoms with Crippen molar-refractivity contribution in [1.29, 1.82) is 5.26 Å². The van der Waals surface area contributed by atoms with Crippen LogP contribution in [0, 0.1) is 16.7 Å². The lowest BCUT2D eigenvalue weighted by atomic mass is 9.95. The molecule has 0 spiro atoms. The summed E-state index contributed by atoms with van der Waals surface area (Å²) in [5, 5.41) is 21.0. The lowest BCUT2D eigenvalue weighted by molar-refractivity contribution is 0.171. The van der Waals surface area contributed by atoms with Crippen LogP contribution in [-0.4, -0.2) is 18.3 Å². The van der Waals surface area contributed by atoms with Crippen molar-refractivity contribution in [2.75, 3.05) is 24.2 Å². The maximum absolute atomic E-state index is 9.12. The normalized spacial score (nSPS) is 10.9. The van der Waals surface area contributed by atoms with Gasteiger partial charge in [0.25, 0.3) is 0 Å². The molecule has 0 amide bonds. The lowest BCUT2D eigenvalue weighted by Crippen LogP contribution is -2.27. The summed E-state index contributed by atoms with van der Waals surface area (Å²) >= 11 is 0. The number of nitrogens with zero attached hydrogens (tertiary/aromatic N) is 1. The molecule has 0 radical (unpaired) electrons. The monoisotopic (exact) mass is 219 g/mol. The van der Waals surface area contributed by atoms with Crippen LogP contribution in [0.2, 0.25) is 0 Å². The third-order valence-electron chi connectivity index (χ3n) is 2.37. The second-order valence-electron chi connectivity index (χ2n) is 4.59. The Bertz CT molecular complexity index is 407. The Kier molecular flexibility index (Phi) is 3.75. The summed E-state index contributed by atoms with van der Waals surface area (Å²) in [6, 6.07) is 7.15. The molecule has 0 aliphatic carbocycles. The molecule has 1 aromatic rings. The van der Waals surface area contributed by atoms with Gasteiger partial charge in [-0.1, -0.05) is 13.8 Å². The van der Waals surface area contributed by atoms with Gasteiger partial charge in [-0.05, 0) is 18.2 Å². The van der Waals surface area contributed by atoms with E-state index in [0.29, 0.717) is 17.8 Å². The number of rotatable bonds is 4. The van der Waals surface area contributed by atoms with Gasteiger partial charge in [-0.15, -0.1) is 0 Å². The highest BCUT2D eigenvalue weighted by atomic mass is 16.3. The SMILES string of the molecule is CC(C)(CO)CNc1cc(C#N)ccc1N. The number of nitrogens with one attached hydrogen (secondary N) is 1. The molecule has 1 aromatic carbocycles. The molecule has 0 saturated heterocycles. The van der Waals surface area contributed by atoms with Crippen molar-refractivity contribution < 1.29 is 5.11 Å². The van der Waals surface area contributed by atoms with E-state index in [1.54, 1.807) is 18.2 Å². The second kappa shape index (κ2) is 4.86. The van der Waals surface area contributed by atoms with Gasteiger partial charge in [0.2, 0.25) is 0 Å². The average molecular weight is 219 g/mol. The lowest BCUT2D eigenvalue weighted by Gasteiger charge is -2.23. The van der Waals surface area contributed by atoms with Crippen LogP contribution < -0.4 is 11.1 Å². The molecule has 0 heterocycles. The van der Waals surface area contributed by atoms with E-state index in [0.717, 1.165) is 5.69 Å². The molecule has 86 valence electrons. The molecule has 0 unspecified atom stereocenters. The predicted octanol–water partition coefficient (Wildman–Crippen LogP) is 1.57. The van der Waals surface area contributed by atoms with Crippen molar-refractivity contribution in [1.82, 2.24) is 0 Å². The number of aliphatic hydroxyl groups excluding tert-OH is 1. The van der Waals surface area contributed by atoms with E-state index >= 15 is 0 Å². The number of nitrogens with two attached hydrogens (primary N) is 1. The molecule has 16 heavy (non-hydrogen) atoms. The topological polar surface area (TPSA) is 82.1 Å². The summed E-state index contributed by atoms with van der Waals surface area (Å²) in [5.41, 5.74) is 7.48. The highest BCUT2D eigenvalue weighted by molar-refractivity contribution is 5.68. The highest BCUT2D eigenvalue weighted by Gasteiger charge is 2.16. The Balaban J connectivity index is 2.78. The average Bonchev–Trinajstić information content (AvgIpc) is 2.28. The number of hydrogen-bond acceptors (Lipinski definition) is 4. The first-order valence-corrected chi connectivity index (χ1v) is 5.13. The molecule has 1 rings (SSSR count). The van der Waals surface area contributed by atoms with Crippen molar-refractivity contribution in [3.8, 4) is 6.07 Å². The minimum Gasteiger partial charge on any atom is -0.397 e. The number of hydrogen-bond donors (Lipinski definition) is 3. The van der Waals surface area contributed by atoms with E-state index in [-0.39, 0.29) is 12.0 Å². The van der Waals surface area contributed by atoms with Crippen molar-refractivity contribution in [2.45, 2.75) is 13.8 Å². The number of aliphatic hydroxyl groups is 1. The van der Waals surface area contributed by atoms with Crippen LogP contribution in [0.5, 0.6) is 0 Å². The first-order valence-electron chi connectivity index (χ1n) is 5.13. The number of nitrogen functional groups attached to an aromatic ring is 1. The summed E-state index contributed by atoms with van der Waals surface area (Å²) in [6.07, 6.45) is 0. The smallest absolute Gasteiger partial charge is 0.0992 e. The standard InChI is InChI=1S/C12H17N3O/c1-12(2,8-16)7-15-11-5-9(6-13)3-4-10(11)14/h3-5,15-16H,7-8,14H2,1-2H3. The van der Waals surface area contributed by atoms with Crippen LogP contribution in [0.1, 0.15) is 19.4 Å². The minimum absolute atomic E-state index is 0.0951. The van der Waals surface area contributed by atoms with Crippen LogP contribution in [-0.2, 0) is 0 Å². The summed E-state index contributed by atoms with van der Waals surface area (Å²) in [4.78, 5) is 0. The highest BCUT2D eigenvalue weighted by Crippen LogP contribution is 2.22. The van der Waals surface area contributed by atoms with Crippen molar-refractivity contribution in [3.05, 3.63) is 23.8 Å². The van der Waals surface area contributed by atoms with Crippen LogP contribution >= 0.6 is 0 Å². The van der Waals surface area contributed by atoms with Gasteiger partial charge in [-0.3, -0.25) is 0 Å². The van der Waals surface area contributed by atoms with Crippen molar-refractivity contribution in [2.24, 2.45) is 5.41 Å². The molecular formula is C12H17N3O. The van der Waals surface area contributed by atoms with Gasteiger partial charge in [0.1, 0.15) is 0 Å². The third-order valence-corrected chi connectivity index (χ3v) is 2.37. The largest absolute Gasteiger partial charge is 0.397 e. The van der Waals surface area contributed by atoms with E-state index < -0.39 is 0 Å². The van der Waals surface area contributed by atoms with E-state index in [1.165, 1.54) is 0 Å². The van der Waals surface area contributed by atoms with E-state index in [4.69, 9.17) is 16.1 Å². The minimum atomic E-state index is -0.213. The molecule has 0 atom stereocenters. The van der Waals surface area contributed by atoms with Gasteiger partial charge in [0, 0.05) is 18.6 Å². The second-order valence-corrected chi connectivity index (χ2v) is 4.59. The van der Waals surface area contributed by atoms with Gasteiger partial charge in [-0.25, -0.2) is 0 Å². The summed E-state index contributed by atoms with van der Waals surface area (Å²) in [5.74, 6) is 0. The fourth-order valence-electron chi connectivity index (χ4n) is 1.17. The maximum atomic E-state index is 9.12. The molecule has 4 nitrogen and oxygen atoms in total. The van der Waals surface area contributed by atoms with Crippen LogP contribution in [0.4, 0.5) is 11.4 Å². The quantitative estimate of drug-likeness (QED) is 0.671. The van der Waals surface area contributed by atoms with Crippen LogP contribution in [0.15, 0.2) is 18.2 Å². The van der Waals surface area contributed by atoms with E-state index in [9.17, 15) is 0 Å². The zero-order valence-electron chi connectivity index (χ0n) is 9.62. The Labute approximate surface area is 95.7 Å². The van der Waals surface area contributed by atoms with Gasteiger partial charge < -0.3 is 16.2 Å². The van der Waals surface area contributed by atoms with E-state index in [1.807, 2.05) is 13.8 Å². The van der Waals surface area contributed by atoms with Crippen LogP contribution in [0.3, 0.4) is 0 Å². The first-order chi connectivity index (χ1) is 7.48. The van der Waals surface area contributed by atoms with Crippen molar-refractivity contribution >= 4 is 11.4 Å². The number of benzene rings is 1. The summed E-state index contributed by atoms with van der Waals surface area (Å²) in [6.45, 7) is 4.59. The first kappa shape index (κ1) is 12.3. The molecule has 0 aromatic heterocycles. The van der Waals surface area contributed by atoms with Gasteiger partial charge in [0.15, 0.2) is 0 Å². The maximum Gasteiger partial charge on any atom is 0.0992 e. The van der Waals surface area contributed by atoms with Gasteiger partial charge in [-0.2, -0.15) is 5.26 Å². The summed E-state index contributed by atoms with van der Waals surface area (Å²) in [7, 11) is 0. The fourth-order valence-corrected chi connectivity index (χ4v) is 1.17. The van der Waals surface area contributed by atoms with Gasteiger partial charge >= 0.3 is 0 Å². The Hall–Kier alpha value is -1.73. The molecular weight excluding hydrogens is 202 g/mol. The summed E-state index contributed by atoms with van der Waals surface area (Å²) < 4.78 is 0. The molecule has 4 N–H and O–H groups in total. The predicted molar refractivity (Wildman–Crippen MR) is 64.9 cm³/mol. The molecule has 4 heteroatoms. The van der Waals surface area contributed by atoms with Crippen molar-refractivity contribution in [3.63, 3.8) is 0 Å². The Morgan fingerprint density at radius 3 is 2.75 bits per heavy atom. The molecule has 0 saturated carbocycles. The molecule has 0 aliphatic rings. The zero-order chi connectivity index (χ0) is 12.2. The zero-order valence-corrected chi connectivity index (χ0v) is 9.62. The molecule has 0 aliphatic heterocycles. The molecule has 0 bridgehead atoms. The Morgan fingerprint density at radius 1 is 1.50 bits per heavy atom. The number of anilines is 2. The fraction of sp³-hybridized carbons (Fsp3) is 0.417. The van der Waals surface area contributed by atoms with Gasteiger partial charge in [0.05, 0.1) is 23.0 Å². The van der Waals surface area contributed by atoms with E-state index in [2.05, 4.69) is 11.4 Å². The third kappa shape index (κ3) is 3.14.